The molecule has 1 fully saturated rings. The summed E-state index contributed by atoms with van der Waals surface area (Å²) in [5.74, 6) is 1.82. The van der Waals surface area contributed by atoms with E-state index in [-0.39, 0.29) is 0 Å². The third-order valence-electron chi connectivity index (χ3n) is 3.88. The maximum atomic E-state index is 9.32. The van der Waals surface area contributed by atoms with Crippen LogP contribution >= 0.6 is 15.9 Å². The first-order valence-electron chi connectivity index (χ1n) is 7.60. The molecule has 1 atom stereocenters. The molecule has 0 aromatic carbocycles. The lowest BCUT2D eigenvalue weighted by Gasteiger charge is -2.33. The average molecular weight is 373 g/mol. The molecule has 3 heterocycles. The van der Waals surface area contributed by atoms with E-state index in [2.05, 4.69) is 36.9 Å². The third kappa shape index (κ3) is 3.99. The Morgan fingerprint density at radius 2 is 2.30 bits per heavy atom. The topological polar surface area (TPSA) is 62.0 Å². The molecule has 2 aromatic heterocycles. The summed E-state index contributed by atoms with van der Waals surface area (Å²) in [6, 6.07) is 9.70. The molecule has 118 valence electrons. The quantitative estimate of drug-likeness (QED) is 0.822. The molecule has 1 saturated heterocycles. The van der Waals surface area contributed by atoms with Crippen molar-refractivity contribution in [3.05, 3.63) is 46.7 Å². The van der Waals surface area contributed by atoms with Crippen LogP contribution in [-0.2, 0) is 0 Å². The second-order valence-corrected chi connectivity index (χ2v) is 6.49. The van der Waals surface area contributed by atoms with Crippen molar-refractivity contribution in [1.82, 2.24) is 9.97 Å². The second kappa shape index (κ2) is 7.42. The highest BCUT2D eigenvalue weighted by Gasteiger charge is 2.23. The number of halogens is 1. The van der Waals surface area contributed by atoms with E-state index in [1.54, 1.807) is 12.4 Å². The van der Waals surface area contributed by atoms with Crippen molar-refractivity contribution in [2.75, 3.05) is 24.6 Å². The molecule has 0 N–H and O–H groups in total. The Hall–Kier alpha value is -2.13. The lowest BCUT2D eigenvalue weighted by atomic mass is 9.98. The Labute approximate surface area is 144 Å². The number of hydrogen-bond acceptors (Lipinski definition) is 5. The van der Waals surface area contributed by atoms with Crippen molar-refractivity contribution in [1.29, 1.82) is 5.26 Å². The predicted molar refractivity (Wildman–Crippen MR) is 91.3 cm³/mol. The van der Waals surface area contributed by atoms with Gasteiger partial charge in [0, 0.05) is 41.9 Å². The highest BCUT2D eigenvalue weighted by Crippen LogP contribution is 2.26. The number of rotatable bonds is 4. The highest BCUT2D eigenvalue weighted by molar-refractivity contribution is 9.10. The van der Waals surface area contributed by atoms with Crippen LogP contribution in [0.15, 0.2) is 41.1 Å². The summed E-state index contributed by atoms with van der Waals surface area (Å²) in [6.07, 6.45) is 5.65. The minimum absolute atomic E-state index is 0.405. The van der Waals surface area contributed by atoms with E-state index < -0.39 is 0 Å². The van der Waals surface area contributed by atoms with Gasteiger partial charge in [-0.1, -0.05) is 6.07 Å². The Morgan fingerprint density at radius 3 is 3.09 bits per heavy atom. The van der Waals surface area contributed by atoms with Gasteiger partial charge in [-0.15, -0.1) is 0 Å². The van der Waals surface area contributed by atoms with Gasteiger partial charge in [-0.05, 0) is 40.9 Å². The normalized spacial score (nSPS) is 17.6. The van der Waals surface area contributed by atoms with Crippen LogP contribution in [0, 0.1) is 17.2 Å². The van der Waals surface area contributed by atoms with Gasteiger partial charge in [0.1, 0.15) is 11.9 Å². The van der Waals surface area contributed by atoms with Crippen LogP contribution in [0.25, 0.3) is 0 Å². The largest absolute Gasteiger partial charge is 0.477 e. The summed E-state index contributed by atoms with van der Waals surface area (Å²) in [4.78, 5) is 10.8. The van der Waals surface area contributed by atoms with E-state index in [4.69, 9.17) is 4.74 Å². The molecule has 1 aliphatic heterocycles. The van der Waals surface area contributed by atoms with E-state index in [0.717, 1.165) is 36.2 Å². The van der Waals surface area contributed by atoms with E-state index >= 15 is 0 Å². The van der Waals surface area contributed by atoms with Crippen molar-refractivity contribution < 1.29 is 4.74 Å². The lowest BCUT2D eigenvalue weighted by molar-refractivity contribution is 0.221. The average Bonchev–Trinajstić information content (AvgIpc) is 2.61. The SMILES string of the molecule is N#Cc1cc(Br)cnc1N1CCCC(COc2ccccn2)C1. The molecule has 0 spiro atoms. The first-order valence-corrected chi connectivity index (χ1v) is 8.40. The number of ether oxygens (including phenoxy) is 1. The van der Waals surface area contributed by atoms with Crippen LogP contribution in [0.5, 0.6) is 5.88 Å². The Morgan fingerprint density at radius 1 is 1.39 bits per heavy atom. The second-order valence-electron chi connectivity index (χ2n) is 5.57. The third-order valence-corrected chi connectivity index (χ3v) is 4.31. The molecule has 0 radical (unpaired) electrons. The van der Waals surface area contributed by atoms with Gasteiger partial charge in [0.25, 0.3) is 0 Å². The number of hydrogen-bond donors (Lipinski definition) is 0. The van der Waals surface area contributed by atoms with Crippen LogP contribution in [0.4, 0.5) is 5.82 Å². The Bertz CT molecular complexity index is 701. The van der Waals surface area contributed by atoms with Crippen LogP contribution < -0.4 is 9.64 Å². The number of nitrogens with zero attached hydrogens (tertiary/aromatic N) is 4. The molecule has 0 saturated carbocycles. The number of nitriles is 1. The summed E-state index contributed by atoms with van der Waals surface area (Å²) in [7, 11) is 0. The van der Waals surface area contributed by atoms with Crippen molar-refractivity contribution in [3.8, 4) is 11.9 Å². The fourth-order valence-corrected chi connectivity index (χ4v) is 3.13. The molecule has 2 aromatic rings. The van der Waals surface area contributed by atoms with E-state index in [1.807, 2.05) is 24.3 Å². The van der Waals surface area contributed by atoms with Gasteiger partial charge in [-0.25, -0.2) is 9.97 Å². The monoisotopic (exact) mass is 372 g/mol. The fraction of sp³-hybridized carbons (Fsp3) is 0.353. The zero-order chi connectivity index (χ0) is 16.1. The van der Waals surface area contributed by atoms with Gasteiger partial charge in [-0.2, -0.15) is 5.26 Å². The number of aromatic nitrogens is 2. The van der Waals surface area contributed by atoms with Gasteiger partial charge >= 0.3 is 0 Å². The summed E-state index contributed by atoms with van der Waals surface area (Å²) in [5, 5.41) is 9.32. The summed E-state index contributed by atoms with van der Waals surface area (Å²) >= 11 is 3.36. The molecule has 3 rings (SSSR count). The van der Waals surface area contributed by atoms with Crippen molar-refractivity contribution in [2.45, 2.75) is 12.8 Å². The number of piperidine rings is 1. The molecular formula is C17H17BrN4O. The minimum atomic E-state index is 0.405. The fourth-order valence-electron chi connectivity index (χ4n) is 2.80. The minimum Gasteiger partial charge on any atom is -0.477 e. The highest BCUT2D eigenvalue weighted by atomic mass is 79.9. The zero-order valence-corrected chi connectivity index (χ0v) is 14.2. The molecule has 6 heteroatoms. The van der Waals surface area contributed by atoms with E-state index in [9.17, 15) is 5.26 Å². The maximum absolute atomic E-state index is 9.32. The molecule has 0 bridgehead atoms. The van der Waals surface area contributed by atoms with E-state index in [0.29, 0.717) is 24.0 Å². The van der Waals surface area contributed by atoms with Gasteiger partial charge in [0.15, 0.2) is 0 Å². The molecule has 0 amide bonds. The van der Waals surface area contributed by atoms with Gasteiger partial charge < -0.3 is 9.64 Å². The van der Waals surface area contributed by atoms with Gasteiger partial charge in [0.2, 0.25) is 5.88 Å². The van der Waals surface area contributed by atoms with Crippen LogP contribution in [0.3, 0.4) is 0 Å². The summed E-state index contributed by atoms with van der Waals surface area (Å²) in [6.45, 7) is 2.39. The van der Waals surface area contributed by atoms with Crippen molar-refractivity contribution in [2.24, 2.45) is 5.92 Å². The molecule has 0 aliphatic carbocycles. The van der Waals surface area contributed by atoms with Crippen molar-refractivity contribution >= 4 is 21.7 Å². The van der Waals surface area contributed by atoms with Crippen molar-refractivity contribution in [3.63, 3.8) is 0 Å². The predicted octanol–water partition coefficient (Wildman–Crippen LogP) is 3.41. The number of anilines is 1. The Balaban J connectivity index is 1.65. The van der Waals surface area contributed by atoms with Crippen LogP contribution in [0.1, 0.15) is 18.4 Å². The van der Waals surface area contributed by atoms with Crippen LogP contribution in [-0.4, -0.2) is 29.7 Å². The molecule has 1 unspecified atom stereocenters. The zero-order valence-electron chi connectivity index (χ0n) is 12.7. The Kier molecular flexibility index (Phi) is 5.09. The first-order chi connectivity index (χ1) is 11.3. The summed E-state index contributed by atoms with van der Waals surface area (Å²) in [5.41, 5.74) is 0.602. The summed E-state index contributed by atoms with van der Waals surface area (Å²) < 4.78 is 6.60. The van der Waals surface area contributed by atoms with Crippen LogP contribution in [0.2, 0.25) is 0 Å². The standard InChI is InChI=1S/C17H17BrN4O/c18-15-8-14(9-19)17(21-10-15)22-7-3-4-13(11-22)12-23-16-5-1-2-6-20-16/h1-2,5-6,8,10,13H,3-4,7,11-12H2. The first kappa shape index (κ1) is 15.8. The molecule has 5 nitrogen and oxygen atoms in total. The molecule has 23 heavy (non-hydrogen) atoms. The van der Waals surface area contributed by atoms with E-state index in [1.165, 1.54) is 0 Å². The maximum Gasteiger partial charge on any atom is 0.213 e. The van der Waals surface area contributed by atoms with Gasteiger partial charge in [0.05, 0.1) is 12.2 Å². The molecular weight excluding hydrogens is 356 g/mol. The molecule has 1 aliphatic rings. The smallest absolute Gasteiger partial charge is 0.213 e. The van der Waals surface area contributed by atoms with Gasteiger partial charge in [-0.3, -0.25) is 0 Å². The lowest BCUT2D eigenvalue weighted by Crippen LogP contribution is -2.38. The number of pyridine rings is 2.